The SMILES string of the molecule is CC1CCCCC1NCc1ccccc1F. The molecule has 1 fully saturated rings. The molecule has 1 aromatic rings. The highest BCUT2D eigenvalue weighted by atomic mass is 19.1. The Kier molecular flexibility index (Phi) is 3.94. The summed E-state index contributed by atoms with van der Waals surface area (Å²) in [5.41, 5.74) is 0.778. The molecular formula is C14H20FN. The van der Waals surface area contributed by atoms with Crippen molar-refractivity contribution in [1.29, 1.82) is 0 Å². The summed E-state index contributed by atoms with van der Waals surface area (Å²) >= 11 is 0. The topological polar surface area (TPSA) is 12.0 Å². The van der Waals surface area contributed by atoms with Crippen LogP contribution in [0.1, 0.15) is 38.2 Å². The third-order valence-electron chi connectivity index (χ3n) is 3.62. The Morgan fingerprint density at radius 1 is 1.25 bits per heavy atom. The number of hydrogen-bond acceptors (Lipinski definition) is 1. The monoisotopic (exact) mass is 221 g/mol. The van der Waals surface area contributed by atoms with Crippen LogP contribution >= 0.6 is 0 Å². The van der Waals surface area contributed by atoms with Crippen LogP contribution in [0.5, 0.6) is 0 Å². The van der Waals surface area contributed by atoms with E-state index in [0.29, 0.717) is 12.6 Å². The number of benzene rings is 1. The van der Waals surface area contributed by atoms with E-state index in [1.807, 2.05) is 12.1 Å². The van der Waals surface area contributed by atoms with Gasteiger partial charge in [0.25, 0.3) is 0 Å². The molecule has 0 spiro atoms. The molecular weight excluding hydrogens is 201 g/mol. The molecule has 0 radical (unpaired) electrons. The summed E-state index contributed by atoms with van der Waals surface area (Å²) in [6.45, 7) is 2.94. The Morgan fingerprint density at radius 3 is 2.75 bits per heavy atom. The summed E-state index contributed by atoms with van der Waals surface area (Å²) in [6, 6.07) is 7.58. The van der Waals surface area contributed by atoms with E-state index >= 15 is 0 Å². The van der Waals surface area contributed by atoms with Crippen molar-refractivity contribution in [3.05, 3.63) is 35.6 Å². The average Bonchev–Trinajstić information content (AvgIpc) is 2.30. The minimum absolute atomic E-state index is 0.0986. The lowest BCUT2D eigenvalue weighted by molar-refractivity contribution is 0.278. The van der Waals surface area contributed by atoms with Crippen LogP contribution in [0.25, 0.3) is 0 Å². The molecule has 1 aliphatic carbocycles. The molecule has 2 rings (SSSR count). The fraction of sp³-hybridized carbons (Fsp3) is 0.571. The number of halogens is 1. The minimum atomic E-state index is -0.0986. The van der Waals surface area contributed by atoms with E-state index in [9.17, 15) is 4.39 Å². The Hall–Kier alpha value is -0.890. The van der Waals surface area contributed by atoms with Gasteiger partial charge in [-0.05, 0) is 24.8 Å². The number of rotatable bonds is 3. The van der Waals surface area contributed by atoms with Crippen molar-refractivity contribution in [3.63, 3.8) is 0 Å². The van der Waals surface area contributed by atoms with Crippen molar-refractivity contribution in [3.8, 4) is 0 Å². The van der Waals surface area contributed by atoms with Gasteiger partial charge in [-0.2, -0.15) is 0 Å². The molecule has 0 heterocycles. The van der Waals surface area contributed by atoms with Crippen molar-refractivity contribution >= 4 is 0 Å². The summed E-state index contributed by atoms with van der Waals surface area (Å²) in [7, 11) is 0. The third-order valence-corrected chi connectivity index (χ3v) is 3.62. The molecule has 2 heteroatoms. The van der Waals surface area contributed by atoms with E-state index in [1.54, 1.807) is 6.07 Å². The standard InChI is InChI=1S/C14H20FN/c1-11-6-2-5-9-14(11)16-10-12-7-3-4-8-13(12)15/h3-4,7-8,11,14,16H,2,5-6,9-10H2,1H3. The number of hydrogen-bond donors (Lipinski definition) is 1. The molecule has 1 saturated carbocycles. The summed E-state index contributed by atoms with van der Waals surface area (Å²) in [4.78, 5) is 0. The Labute approximate surface area is 97.1 Å². The Balaban J connectivity index is 1.89. The highest BCUT2D eigenvalue weighted by Crippen LogP contribution is 2.24. The van der Waals surface area contributed by atoms with Gasteiger partial charge in [0.1, 0.15) is 5.82 Å². The maximum absolute atomic E-state index is 13.4. The zero-order valence-electron chi connectivity index (χ0n) is 9.88. The van der Waals surface area contributed by atoms with Crippen LogP contribution in [-0.4, -0.2) is 6.04 Å². The molecule has 1 N–H and O–H groups in total. The smallest absolute Gasteiger partial charge is 0.127 e. The lowest BCUT2D eigenvalue weighted by atomic mass is 9.86. The van der Waals surface area contributed by atoms with Gasteiger partial charge in [0, 0.05) is 18.2 Å². The highest BCUT2D eigenvalue weighted by Gasteiger charge is 2.20. The summed E-state index contributed by atoms with van der Waals surface area (Å²) in [5.74, 6) is 0.624. The van der Waals surface area contributed by atoms with E-state index in [1.165, 1.54) is 31.7 Å². The first kappa shape index (κ1) is 11.6. The van der Waals surface area contributed by atoms with Gasteiger partial charge in [-0.3, -0.25) is 0 Å². The van der Waals surface area contributed by atoms with Gasteiger partial charge in [0.15, 0.2) is 0 Å². The van der Waals surface area contributed by atoms with Gasteiger partial charge in [0.2, 0.25) is 0 Å². The van der Waals surface area contributed by atoms with Crippen LogP contribution in [0.2, 0.25) is 0 Å². The molecule has 1 aliphatic rings. The molecule has 2 unspecified atom stereocenters. The van der Waals surface area contributed by atoms with E-state index in [2.05, 4.69) is 12.2 Å². The highest BCUT2D eigenvalue weighted by molar-refractivity contribution is 5.17. The molecule has 88 valence electrons. The summed E-state index contributed by atoms with van der Waals surface area (Å²) < 4.78 is 13.4. The lowest BCUT2D eigenvalue weighted by Gasteiger charge is -2.29. The molecule has 16 heavy (non-hydrogen) atoms. The van der Waals surface area contributed by atoms with Crippen molar-refractivity contribution in [2.24, 2.45) is 5.92 Å². The first-order chi connectivity index (χ1) is 7.77. The van der Waals surface area contributed by atoms with Crippen LogP contribution in [0, 0.1) is 11.7 Å². The molecule has 0 aromatic heterocycles. The quantitative estimate of drug-likeness (QED) is 0.823. The van der Waals surface area contributed by atoms with Gasteiger partial charge >= 0.3 is 0 Å². The Morgan fingerprint density at radius 2 is 2.00 bits per heavy atom. The molecule has 2 atom stereocenters. The van der Waals surface area contributed by atoms with Crippen molar-refractivity contribution in [2.45, 2.75) is 45.2 Å². The van der Waals surface area contributed by atoms with Crippen molar-refractivity contribution < 1.29 is 4.39 Å². The van der Waals surface area contributed by atoms with Gasteiger partial charge in [-0.1, -0.05) is 38.0 Å². The van der Waals surface area contributed by atoms with Gasteiger partial charge < -0.3 is 5.32 Å². The summed E-state index contributed by atoms with van der Waals surface area (Å²) in [6.07, 6.45) is 5.18. The van der Waals surface area contributed by atoms with Crippen molar-refractivity contribution in [1.82, 2.24) is 5.32 Å². The van der Waals surface area contributed by atoms with Gasteiger partial charge in [-0.15, -0.1) is 0 Å². The van der Waals surface area contributed by atoms with Crippen LogP contribution < -0.4 is 5.32 Å². The van der Waals surface area contributed by atoms with E-state index in [-0.39, 0.29) is 5.82 Å². The molecule has 0 aliphatic heterocycles. The normalized spacial score (nSPS) is 25.6. The lowest BCUT2D eigenvalue weighted by Crippen LogP contribution is -2.36. The molecule has 0 saturated heterocycles. The second-order valence-electron chi connectivity index (χ2n) is 4.84. The molecule has 1 nitrogen and oxygen atoms in total. The maximum atomic E-state index is 13.4. The first-order valence-electron chi connectivity index (χ1n) is 6.24. The Bertz CT molecular complexity index is 337. The fourth-order valence-corrected chi connectivity index (χ4v) is 2.50. The maximum Gasteiger partial charge on any atom is 0.127 e. The predicted octanol–water partition coefficient (Wildman–Crippen LogP) is 3.49. The number of nitrogens with one attached hydrogen (secondary N) is 1. The molecule has 0 bridgehead atoms. The van der Waals surface area contributed by atoms with E-state index in [0.717, 1.165) is 11.5 Å². The van der Waals surface area contributed by atoms with Gasteiger partial charge in [0.05, 0.1) is 0 Å². The third kappa shape index (κ3) is 2.82. The second kappa shape index (κ2) is 5.44. The molecule has 0 amide bonds. The fourth-order valence-electron chi connectivity index (χ4n) is 2.50. The predicted molar refractivity (Wildman–Crippen MR) is 64.7 cm³/mol. The van der Waals surface area contributed by atoms with E-state index < -0.39 is 0 Å². The van der Waals surface area contributed by atoms with Gasteiger partial charge in [-0.25, -0.2) is 4.39 Å². The largest absolute Gasteiger partial charge is 0.310 e. The van der Waals surface area contributed by atoms with Crippen LogP contribution in [0.15, 0.2) is 24.3 Å². The van der Waals surface area contributed by atoms with Crippen LogP contribution in [-0.2, 0) is 6.54 Å². The zero-order chi connectivity index (χ0) is 11.4. The second-order valence-corrected chi connectivity index (χ2v) is 4.84. The van der Waals surface area contributed by atoms with Crippen LogP contribution in [0.3, 0.4) is 0 Å². The summed E-state index contributed by atoms with van der Waals surface area (Å²) in [5, 5.41) is 3.49. The van der Waals surface area contributed by atoms with Crippen molar-refractivity contribution in [2.75, 3.05) is 0 Å². The molecule has 1 aromatic carbocycles. The minimum Gasteiger partial charge on any atom is -0.310 e. The average molecular weight is 221 g/mol. The zero-order valence-corrected chi connectivity index (χ0v) is 9.88. The van der Waals surface area contributed by atoms with Crippen LogP contribution in [0.4, 0.5) is 4.39 Å². The van der Waals surface area contributed by atoms with E-state index in [4.69, 9.17) is 0 Å². The first-order valence-corrected chi connectivity index (χ1v) is 6.24.